The van der Waals surface area contributed by atoms with E-state index in [1.807, 2.05) is 6.11 Å². The normalized spacial score (nSPS) is 52.2. The molecule has 0 aromatic rings. The van der Waals surface area contributed by atoms with E-state index in [0.29, 0.717) is 0 Å². The smallest absolute Gasteiger partial charge is 0.239 e. The maximum Gasteiger partial charge on any atom is 0.239 e. The average molecular weight is 661 g/mol. The minimum absolute atomic E-state index is 0.742. The van der Waals surface area contributed by atoms with Crippen LogP contribution in [0.1, 0.15) is 6.92 Å². The molecule has 0 aliphatic carbocycles. The summed E-state index contributed by atoms with van der Waals surface area (Å²) in [5.74, 6) is -0.173. The molecule has 0 amide bonds. The highest BCUT2D eigenvalue weighted by molar-refractivity contribution is 5.09. The first-order valence-corrected chi connectivity index (χ1v) is 14.0. The van der Waals surface area contributed by atoms with Gasteiger partial charge >= 0.3 is 0 Å². The molecule has 20 heteroatoms. The van der Waals surface area contributed by atoms with Crippen molar-refractivity contribution in [2.75, 3.05) is 19.8 Å². The molecule has 19 atom stereocenters. The van der Waals surface area contributed by atoms with Crippen LogP contribution < -0.4 is 0 Å². The largest absolute Gasteiger partial charge is 0.411 e. The summed E-state index contributed by atoms with van der Waals surface area (Å²) in [6.07, 6.45) is -29.1. The molecule has 13 N–H and O–H groups in total. The van der Waals surface area contributed by atoms with Gasteiger partial charge in [-0.2, -0.15) is 0 Å². The number of ether oxygens (including phenoxy) is 7. The lowest BCUT2D eigenvalue weighted by Crippen LogP contribution is -2.65. The summed E-state index contributed by atoms with van der Waals surface area (Å²) in [5, 5.41) is 132. The third kappa shape index (κ3) is 7.08. The summed E-state index contributed by atoms with van der Waals surface area (Å²) in [6, 6.07) is 0. The number of rotatable bonds is 8. The van der Waals surface area contributed by atoms with Crippen molar-refractivity contribution < 1.29 is 99.5 Å². The summed E-state index contributed by atoms with van der Waals surface area (Å²) >= 11 is 0. The fraction of sp³-hybridized carbons (Fsp3) is 0.920. The Balaban J connectivity index is 1.51. The lowest BCUT2D eigenvalue weighted by molar-refractivity contribution is -0.404. The van der Waals surface area contributed by atoms with Crippen LogP contribution in [0.4, 0.5) is 0 Å². The van der Waals surface area contributed by atoms with Crippen LogP contribution in [0.15, 0.2) is 0 Å². The third-order valence-corrected chi connectivity index (χ3v) is 8.09. The topological polar surface area (TPSA) is 328 Å². The summed E-state index contributed by atoms with van der Waals surface area (Å²) in [5.41, 5.74) is 0. The summed E-state index contributed by atoms with van der Waals surface area (Å²) < 4.78 is 37.8. The van der Waals surface area contributed by atoms with E-state index >= 15 is 0 Å². The fourth-order valence-electron chi connectivity index (χ4n) is 5.26. The molecule has 4 saturated heterocycles. The molecule has 0 radical (unpaired) electrons. The van der Waals surface area contributed by atoms with Crippen molar-refractivity contribution >= 4 is 0 Å². The van der Waals surface area contributed by atoms with Gasteiger partial charge < -0.3 is 99.5 Å². The first-order valence-electron chi connectivity index (χ1n) is 14.0. The van der Waals surface area contributed by atoms with Crippen molar-refractivity contribution in [1.82, 2.24) is 0 Å². The molecule has 0 bridgehead atoms. The van der Waals surface area contributed by atoms with Gasteiger partial charge in [-0.3, -0.25) is 0 Å². The molecule has 4 aliphatic rings. The highest BCUT2D eigenvalue weighted by Crippen LogP contribution is 2.37. The highest BCUT2D eigenvalue weighted by Gasteiger charge is 2.59. The summed E-state index contributed by atoms with van der Waals surface area (Å²) in [7, 11) is 0. The molecule has 0 aromatic carbocycles. The molecule has 0 spiro atoms. The van der Waals surface area contributed by atoms with Crippen LogP contribution >= 0.6 is 0 Å². The molecule has 0 aromatic heterocycles. The second kappa shape index (κ2) is 14.8. The lowest BCUT2D eigenvalue weighted by Gasteiger charge is -2.47. The number of hydrogen-bond acceptors (Lipinski definition) is 20. The minimum Gasteiger partial charge on any atom is -0.411 e. The van der Waals surface area contributed by atoms with Gasteiger partial charge in [0.2, 0.25) is 12.1 Å². The van der Waals surface area contributed by atoms with Crippen molar-refractivity contribution in [1.29, 1.82) is 0 Å². The first-order chi connectivity index (χ1) is 21.2. The molecular formula is C25H40O20. The average Bonchev–Trinajstić information content (AvgIpc) is 3.27. The van der Waals surface area contributed by atoms with Crippen LogP contribution in [-0.4, -0.2) is 202 Å². The van der Waals surface area contributed by atoms with Gasteiger partial charge in [-0.1, -0.05) is 0 Å². The first kappa shape index (κ1) is 36.4. The Labute approximate surface area is 255 Å². The van der Waals surface area contributed by atoms with Crippen molar-refractivity contribution in [3.8, 4) is 12.0 Å². The maximum atomic E-state index is 10.8. The molecule has 4 aliphatic heterocycles. The molecule has 4 heterocycles. The standard InChI is InChI=1S/C25H40O20/c1-7-11(29)17(35)20(24(40-7)45-25(6-28)21(38)14(32)10(5-27)44-25)43-23-19(37)15(33)12(30)8(41-23)2-3-39-22-18(36)16(34)13(31)9(4-26)42-22/h7-24,26-38H,4-6H2,1H3/t7-,8?,9-,10?,11-,12+,13+,14-,15+,16+,17+,18-,19-,20-,21+,22+,23-,24-,25+/m1/s1. The van der Waals surface area contributed by atoms with E-state index < -0.39 is 136 Å². The van der Waals surface area contributed by atoms with Crippen LogP contribution in [0, 0.1) is 12.0 Å². The molecule has 2 unspecified atom stereocenters. The van der Waals surface area contributed by atoms with E-state index in [4.69, 9.17) is 33.2 Å². The van der Waals surface area contributed by atoms with Gasteiger partial charge in [0.1, 0.15) is 92.1 Å². The van der Waals surface area contributed by atoms with Crippen LogP contribution in [0.3, 0.4) is 0 Å². The molecule has 45 heavy (non-hydrogen) atoms. The molecule has 20 nitrogen and oxygen atoms in total. The lowest BCUT2D eigenvalue weighted by atomic mass is 9.97. The third-order valence-electron chi connectivity index (χ3n) is 8.09. The Bertz CT molecular complexity index is 1020. The van der Waals surface area contributed by atoms with Crippen molar-refractivity contribution in [3.05, 3.63) is 0 Å². The Morgan fingerprint density at radius 3 is 1.84 bits per heavy atom. The fourth-order valence-corrected chi connectivity index (χ4v) is 5.26. The summed E-state index contributed by atoms with van der Waals surface area (Å²) in [4.78, 5) is 0. The van der Waals surface area contributed by atoms with Crippen molar-refractivity contribution in [3.63, 3.8) is 0 Å². The van der Waals surface area contributed by atoms with Crippen LogP contribution in [0.5, 0.6) is 0 Å². The van der Waals surface area contributed by atoms with E-state index in [9.17, 15) is 66.4 Å². The molecule has 0 saturated carbocycles. The quantitative estimate of drug-likeness (QED) is 0.107. The second-order valence-electron chi connectivity index (χ2n) is 11.1. The number of aliphatic hydroxyl groups excluding tert-OH is 13. The Morgan fingerprint density at radius 2 is 1.24 bits per heavy atom. The zero-order valence-electron chi connectivity index (χ0n) is 23.7. The Morgan fingerprint density at radius 1 is 0.622 bits per heavy atom. The van der Waals surface area contributed by atoms with Gasteiger partial charge in [0, 0.05) is 0 Å². The van der Waals surface area contributed by atoms with E-state index in [-0.39, 0.29) is 0 Å². The van der Waals surface area contributed by atoms with Gasteiger partial charge in [0.25, 0.3) is 0 Å². The van der Waals surface area contributed by atoms with E-state index in [1.54, 1.807) is 0 Å². The molecule has 4 fully saturated rings. The highest BCUT2D eigenvalue weighted by atomic mass is 16.8. The predicted octanol–water partition coefficient (Wildman–Crippen LogP) is -8.76. The van der Waals surface area contributed by atoms with E-state index in [2.05, 4.69) is 5.92 Å². The van der Waals surface area contributed by atoms with Gasteiger partial charge in [-0.25, -0.2) is 0 Å². The predicted molar refractivity (Wildman–Crippen MR) is 135 cm³/mol. The SMILES string of the molecule is C[C@H]1O[C@H](O[C@]2(CO)OC(CO)[C@@H](O)[C@@H]2O)[C@H](O[C@H]2OC(C#CO[C@H]3O[C@H](CO)[C@H](O)[C@H](O)[C@H]3O)[C@H](O)[C@H](O)[C@H]2O)[C@@H](O)[C@@H]1O. The van der Waals surface area contributed by atoms with Gasteiger partial charge in [-0.05, 0) is 12.8 Å². The van der Waals surface area contributed by atoms with Crippen molar-refractivity contribution in [2.24, 2.45) is 0 Å². The van der Waals surface area contributed by atoms with Gasteiger partial charge in [0.05, 0.1) is 19.3 Å². The molecule has 4 rings (SSSR count). The zero-order chi connectivity index (χ0) is 33.4. The second-order valence-corrected chi connectivity index (χ2v) is 11.1. The maximum absolute atomic E-state index is 10.8. The van der Waals surface area contributed by atoms with Crippen LogP contribution in [-0.2, 0) is 33.2 Å². The Hall–Kier alpha value is -1.40. The van der Waals surface area contributed by atoms with Gasteiger partial charge in [0.15, 0.2) is 18.7 Å². The summed E-state index contributed by atoms with van der Waals surface area (Å²) in [6.45, 7) is -1.29. The molecule has 260 valence electrons. The van der Waals surface area contributed by atoms with Crippen LogP contribution in [0.2, 0.25) is 0 Å². The zero-order valence-corrected chi connectivity index (χ0v) is 23.7. The van der Waals surface area contributed by atoms with E-state index in [0.717, 1.165) is 0 Å². The number of hydrogen-bond donors (Lipinski definition) is 13. The number of aliphatic hydroxyl groups is 13. The monoisotopic (exact) mass is 660 g/mol. The van der Waals surface area contributed by atoms with Crippen molar-refractivity contribution in [2.45, 2.75) is 123 Å². The Kier molecular flexibility index (Phi) is 12.0. The van der Waals surface area contributed by atoms with Crippen LogP contribution in [0.25, 0.3) is 0 Å². The minimum atomic E-state index is -2.42. The van der Waals surface area contributed by atoms with E-state index in [1.165, 1.54) is 6.92 Å². The molecular weight excluding hydrogens is 620 g/mol. The van der Waals surface area contributed by atoms with Gasteiger partial charge in [-0.15, -0.1) is 0 Å².